The Morgan fingerprint density at radius 2 is 2.15 bits per heavy atom. The summed E-state index contributed by atoms with van der Waals surface area (Å²) < 4.78 is 6.55. The predicted octanol–water partition coefficient (Wildman–Crippen LogP) is -2.47. The van der Waals surface area contributed by atoms with Gasteiger partial charge in [-0.1, -0.05) is 4.98 Å². The van der Waals surface area contributed by atoms with Crippen LogP contribution in [-0.2, 0) is 9.53 Å². The summed E-state index contributed by atoms with van der Waals surface area (Å²) in [6.45, 7) is 0. The number of nitrogens with one attached hydrogen (secondary N) is 1. The zero-order valence-corrected chi connectivity index (χ0v) is 10.0. The number of carboxylic acids is 1. The SMILES string of the molecule is Nc1ncnc2c1[nH]c[n+]2[C@@H]1O[C@H](C(=O)O)[C@@H](O)[C@H]1O. The normalized spacial score (nSPS) is 29.9. The van der Waals surface area contributed by atoms with E-state index in [1.807, 2.05) is 0 Å². The lowest BCUT2D eigenvalue weighted by molar-refractivity contribution is -0.744. The van der Waals surface area contributed by atoms with Gasteiger partial charge in [0.2, 0.25) is 11.7 Å². The van der Waals surface area contributed by atoms with Crippen LogP contribution >= 0.6 is 0 Å². The zero-order chi connectivity index (χ0) is 14.4. The maximum atomic E-state index is 10.9. The summed E-state index contributed by atoms with van der Waals surface area (Å²) in [6, 6.07) is 0. The molecule has 0 radical (unpaired) electrons. The molecule has 4 atom stereocenters. The number of aromatic nitrogens is 4. The second kappa shape index (κ2) is 4.37. The first kappa shape index (κ1) is 12.7. The molecule has 20 heavy (non-hydrogen) atoms. The molecule has 0 aromatic carbocycles. The minimum Gasteiger partial charge on any atom is -0.479 e. The number of ether oxygens (including phenoxy) is 1. The number of hydrogen-bond acceptors (Lipinski definition) is 7. The molecule has 1 saturated heterocycles. The van der Waals surface area contributed by atoms with E-state index in [0.29, 0.717) is 11.2 Å². The monoisotopic (exact) mass is 282 g/mol. The fourth-order valence-corrected chi connectivity index (χ4v) is 2.21. The number of fused-ring (bicyclic) bond motifs is 1. The number of imidazole rings is 1. The van der Waals surface area contributed by atoms with Crippen LogP contribution in [0.15, 0.2) is 12.7 Å². The van der Waals surface area contributed by atoms with Crippen molar-refractivity contribution in [3.63, 3.8) is 0 Å². The van der Waals surface area contributed by atoms with Crippen LogP contribution in [0.5, 0.6) is 0 Å². The van der Waals surface area contributed by atoms with Crippen LogP contribution in [0.4, 0.5) is 5.82 Å². The third kappa shape index (κ3) is 1.70. The molecular weight excluding hydrogens is 270 g/mol. The molecule has 0 spiro atoms. The van der Waals surface area contributed by atoms with Gasteiger partial charge in [-0.2, -0.15) is 4.98 Å². The summed E-state index contributed by atoms with van der Waals surface area (Å²) in [5.41, 5.74) is 6.42. The van der Waals surface area contributed by atoms with Gasteiger partial charge in [0, 0.05) is 0 Å². The number of aliphatic hydroxyl groups excluding tert-OH is 2. The van der Waals surface area contributed by atoms with Gasteiger partial charge < -0.3 is 25.8 Å². The lowest BCUT2D eigenvalue weighted by Gasteiger charge is -2.11. The van der Waals surface area contributed by atoms with Gasteiger partial charge in [-0.05, 0) is 0 Å². The second-order valence-electron chi connectivity index (χ2n) is 4.40. The third-order valence-corrected chi connectivity index (χ3v) is 3.20. The van der Waals surface area contributed by atoms with Gasteiger partial charge in [0.25, 0.3) is 0 Å². The van der Waals surface area contributed by atoms with E-state index in [4.69, 9.17) is 15.6 Å². The minimum atomic E-state index is -1.53. The van der Waals surface area contributed by atoms with Crippen LogP contribution < -0.4 is 10.3 Å². The lowest BCUT2D eigenvalue weighted by Crippen LogP contribution is -2.45. The van der Waals surface area contributed by atoms with Crippen molar-refractivity contribution in [2.45, 2.75) is 24.5 Å². The molecular formula is C10H12N5O5+. The number of aliphatic carboxylic acids is 1. The summed E-state index contributed by atoms with van der Waals surface area (Å²) in [6.07, 6.45) is -2.89. The first-order chi connectivity index (χ1) is 9.50. The fraction of sp³-hybridized carbons (Fsp3) is 0.400. The van der Waals surface area contributed by atoms with Crippen LogP contribution in [-0.4, -0.2) is 54.6 Å². The number of aliphatic hydroxyl groups is 2. The topological polar surface area (TPSA) is 158 Å². The van der Waals surface area contributed by atoms with Crippen molar-refractivity contribution in [1.29, 1.82) is 0 Å². The Labute approximate surface area is 111 Å². The van der Waals surface area contributed by atoms with Gasteiger partial charge >= 0.3 is 11.6 Å². The van der Waals surface area contributed by atoms with Gasteiger partial charge in [0.15, 0.2) is 24.6 Å². The molecule has 2 aromatic heterocycles. The number of rotatable bonds is 2. The highest BCUT2D eigenvalue weighted by Gasteiger charge is 2.49. The zero-order valence-electron chi connectivity index (χ0n) is 10.0. The van der Waals surface area contributed by atoms with Crippen molar-refractivity contribution in [2.24, 2.45) is 0 Å². The van der Waals surface area contributed by atoms with Gasteiger partial charge in [-0.15, -0.1) is 0 Å². The van der Waals surface area contributed by atoms with E-state index in [-0.39, 0.29) is 5.82 Å². The highest BCUT2D eigenvalue weighted by atomic mass is 16.6. The number of aromatic amines is 1. The molecule has 1 aliphatic heterocycles. The molecule has 2 aromatic rings. The number of carbonyl (C=O) groups is 1. The molecule has 0 bridgehead atoms. The Hall–Kier alpha value is -2.30. The van der Waals surface area contributed by atoms with Crippen LogP contribution in [0.3, 0.4) is 0 Å². The van der Waals surface area contributed by atoms with Crippen molar-refractivity contribution in [1.82, 2.24) is 15.0 Å². The Bertz CT molecular complexity index is 673. The molecule has 0 saturated carbocycles. The van der Waals surface area contributed by atoms with Crippen molar-refractivity contribution in [3.05, 3.63) is 12.7 Å². The van der Waals surface area contributed by atoms with Crippen LogP contribution in [0.25, 0.3) is 11.2 Å². The Morgan fingerprint density at radius 1 is 1.40 bits per heavy atom. The van der Waals surface area contributed by atoms with Gasteiger partial charge in [-0.25, -0.2) is 9.36 Å². The van der Waals surface area contributed by atoms with E-state index in [1.165, 1.54) is 17.2 Å². The molecule has 10 heteroatoms. The molecule has 1 fully saturated rings. The first-order valence-electron chi connectivity index (χ1n) is 5.74. The third-order valence-electron chi connectivity index (χ3n) is 3.20. The molecule has 6 N–H and O–H groups in total. The van der Waals surface area contributed by atoms with Gasteiger partial charge in [0.1, 0.15) is 12.2 Å². The smallest absolute Gasteiger partial charge is 0.335 e. The van der Waals surface area contributed by atoms with Crippen LogP contribution in [0, 0.1) is 0 Å². The predicted molar refractivity (Wildman–Crippen MR) is 62.1 cm³/mol. The standard InChI is InChI=1S/C10H11N5O5/c11-7-3-8(13-1-12-7)15(2-14-3)9-5(17)4(16)6(20-9)10(18)19/h1-2,4-6,9,16-17H,(H3,11,12,13,18,19)/p+1/t4-,5+,6-,9+/m0/s1. The maximum Gasteiger partial charge on any atom is 0.335 e. The Kier molecular flexibility index (Phi) is 2.78. The molecule has 106 valence electrons. The molecule has 0 unspecified atom stereocenters. The largest absolute Gasteiger partial charge is 0.479 e. The Balaban J connectivity index is 2.04. The Morgan fingerprint density at radius 3 is 2.80 bits per heavy atom. The van der Waals surface area contributed by atoms with E-state index < -0.39 is 30.5 Å². The van der Waals surface area contributed by atoms with Gasteiger partial charge in [-0.3, -0.25) is 4.98 Å². The molecule has 0 amide bonds. The van der Waals surface area contributed by atoms with Gasteiger partial charge in [0.05, 0.1) is 0 Å². The number of carboxylic acid groups (broad SMARTS) is 1. The highest BCUT2D eigenvalue weighted by molar-refractivity contribution is 5.78. The summed E-state index contributed by atoms with van der Waals surface area (Å²) in [7, 11) is 0. The summed E-state index contributed by atoms with van der Waals surface area (Å²) in [4.78, 5) is 21.5. The number of nitrogens with two attached hydrogens (primary N) is 1. The van der Waals surface area contributed by atoms with Crippen molar-refractivity contribution >= 4 is 23.0 Å². The minimum absolute atomic E-state index is 0.205. The van der Waals surface area contributed by atoms with E-state index in [0.717, 1.165) is 0 Å². The van der Waals surface area contributed by atoms with Crippen molar-refractivity contribution in [3.8, 4) is 0 Å². The number of anilines is 1. The average Bonchev–Trinajstić information content (AvgIpc) is 2.94. The average molecular weight is 282 g/mol. The van der Waals surface area contributed by atoms with E-state index in [1.54, 1.807) is 0 Å². The van der Waals surface area contributed by atoms with Crippen LogP contribution in [0.2, 0.25) is 0 Å². The summed E-state index contributed by atoms with van der Waals surface area (Å²) in [5.74, 6) is -1.15. The number of hydrogen-bond donors (Lipinski definition) is 5. The molecule has 10 nitrogen and oxygen atoms in total. The van der Waals surface area contributed by atoms with E-state index in [2.05, 4.69) is 15.0 Å². The van der Waals surface area contributed by atoms with Crippen LogP contribution in [0.1, 0.15) is 6.23 Å². The van der Waals surface area contributed by atoms with E-state index in [9.17, 15) is 15.0 Å². The van der Waals surface area contributed by atoms with Crippen molar-refractivity contribution < 1.29 is 29.4 Å². The van der Waals surface area contributed by atoms with E-state index >= 15 is 0 Å². The molecule has 3 heterocycles. The molecule has 1 aliphatic rings. The number of nitrogens with zero attached hydrogens (tertiary/aromatic N) is 3. The quantitative estimate of drug-likeness (QED) is 0.379. The molecule has 0 aliphatic carbocycles. The lowest BCUT2D eigenvalue weighted by atomic mass is 10.1. The second-order valence-corrected chi connectivity index (χ2v) is 4.40. The fourth-order valence-electron chi connectivity index (χ4n) is 2.21. The highest BCUT2D eigenvalue weighted by Crippen LogP contribution is 2.26. The first-order valence-corrected chi connectivity index (χ1v) is 5.74. The number of nitrogen functional groups attached to an aromatic ring is 1. The molecule has 3 rings (SSSR count). The summed E-state index contributed by atoms with van der Waals surface area (Å²) >= 11 is 0. The number of H-pyrrole nitrogens is 1. The van der Waals surface area contributed by atoms with Crippen molar-refractivity contribution in [2.75, 3.05) is 5.73 Å². The summed E-state index contributed by atoms with van der Waals surface area (Å²) in [5, 5.41) is 28.5. The maximum absolute atomic E-state index is 10.9.